The Morgan fingerprint density at radius 3 is 2.52 bits per heavy atom. The number of nitrogens with two attached hydrogens (primary N) is 1. The van der Waals surface area contributed by atoms with Gasteiger partial charge in [0.05, 0.1) is 6.54 Å². The fourth-order valence-corrected chi connectivity index (χ4v) is 2.63. The van der Waals surface area contributed by atoms with Gasteiger partial charge in [0.2, 0.25) is 0 Å². The van der Waals surface area contributed by atoms with Crippen molar-refractivity contribution in [2.45, 2.75) is 45.1 Å². The third kappa shape index (κ3) is 2.54. The maximum absolute atomic E-state index is 6.29. The van der Waals surface area contributed by atoms with Crippen LogP contribution in [0.2, 0.25) is 0 Å². The van der Waals surface area contributed by atoms with Gasteiger partial charge in [-0.25, -0.2) is 4.98 Å². The van der Waals surface area contributed by atoms with E-state index < -0.39 is 0 Å². The van der Waals surface area contributed by atoms with E-state index in [1.54, 1.807) is 0 Å². The molecule has 0 radical (unpaired) electrons. The summed E-state index contributed by atoms with van der Waals surface area (Å²) in [6.07, 6.45) is 7.84. The van der Waals surface area contributed by atoms with Crippen LogP contribution in [0.1, 0.15) is 49.9 Å². The minimum Gasteiger partial charge on any atom is -0.383 e. The largest absolute Gasteiger partial charge is 0.383 e. The normalized spacial score (nSPS) is 14.4. The first-order valence-corrected chi connectivity index (χ1v) is 7.51. The summed E-state index contributed by atoms with van der Waals surface area (Å²) in [7, 11) is 0. The zero-order valence-corrected chi connectivity index (χ0v) is 12.6. The minimum atomic E-state index is 0.495. The number of rotatable bonds is 4. The van der Waals surface area contributed by atoms with Gasteiger partial charge in [0.25, 0.3) is 0 Å². The van der Waals surface area contributed by atoms with E-state index in [2.05, 4.69) is 44.0 Å². The van der Waals surface area contributed by atoms with Crippen molar-refractivity contribution in [2.75, 3.05) is 5.73 Å². The van der Waals surface area contributed by atoms with Gasteiger partial charge in [-0.2, -0.15) is 0 Å². The quantitative estimate of drug-likeness (QED) is 0.866. The van der Waals surface area contributed by atoms with E-state index in [-0.39, 0.29) is 0 Å². The van der Waals surface area contributed by atoms with Crippen LogP contribution >= 0.6 is 0 Å². The first kappa shape index (κ1) is 13.8. The molecule has 1 saturated carbocycles. The average Bonchev–Trinajstić information content (AvgIpc) is 3.26. The molecule has 0 unspecified atom stereocenters. The Morgan fingerprint density at radius 2 is 2.00 bits per heavy atom. The summed E-state index contributed by atoms with van der Waals surface area (Å²) < 4.78 is 1.99. The zero-order chi connectivity index (χ0) is 15.0. The lowest BCUT2D eigenvalue weighted by atomic mass is 10.0. The highest BCUT2D eigenvalue weighted by atomic mass is 15.1. The predicted molar refractivity (Wildman–Crippen MR) is 87.0 cm³/mol. The van der Waals surface area contributed by atoms with Gasteiger partial charge < -0.3 is 10.3 Å². The SMILES string of the molecule is C#CCn1c(C2CC2)nc(-c2ccc(C(C)C)cc2)c1N. The van der Waals surface area contributed by atoms with Gasteiger partial charge in [0.1, 0.15) is 17.3 Å². The lowest BCUT2D eigenvalue weighted by Crippen LogP contribution is -2.05. The van der Waals surface area contributed by atoms with Crippen LogP contribution in [0.15, 0.2) is 24.3 Å². The number of anilines is 1. The molecule has 3 heteroatoms. The Labute approximate surface area is 126 Å². The molecule has 0 amide bonds. The molecule has 1 aromatic heterocycles. The Morgan fingerprint density at radius 1 is 1.33 bits per heavy atom. The van der Waals surface area contributed by atoms with Crippen molar-refractivity contribution in [3.8, 4) is 23.6 Å². The number of aromatic nitrogens is 2. The molecule has 0 saturated heterocycles. The summed E-state index contributed by atoms with van der Waals surface area (Å²) in [5.41, 5.74) is 9.54. The number of benzene rings is 1. The van der Waals surface area contributed by atoms with E-state index in [9.17, 15) is 0 Å². The van der Waals surface area contributed by atoms with Crippen molar-refractivity contribution in [2.24, 2.45) is 0 Å². The van der Waals surface area contributed by atoms with Crippen LogP contribution in [0.25, 0.3) is 11.3 Å². The highest BCUT2D eigenvalue weighted by Gasteiger charge is 2.30. The van der Waals surface area contributed by atoms with Crippen LogP contribution in [0, 0.1) is 12.3 Å². The van der Waals surface area contributed by atoms with E-state index in [4.69, 9.17) is 17.1 Å². The summed E-state index contributed by atoms with van der Waals surface area (Å²) in [6.45, 7) is 4.88. The molecule has 2 N–H and O–H groups in total. The smallest absolute Gasteiger partial charge is 0.132 e. The third-order valence-corrected chi connectivity index (χ3v) is 4.08. The van der Waals surface area contributed by atoms with Crippen LogP contribution < -0.4 is 5.73 Å². The van der Waals surface area contributed by atoms with Gasteiger partial charge >= 0.3 is 0 Å². The van der Waals surface area contributed by atoms with Gasteiger partial charge in [-0.05, 0) is 24.3 Å². The number of imidazole rings is 1. The number of nitrogen functional groups attached to an aromatic ring is 1. The molecule has 0 spiro atoms. The maximum Gasteiger partial charge on any atom is 0.132 e. The number of terminal acetylenes is 1. The van der Waals surface area contributed by atoms with E-state index in [1.807, 2.05) is 4.57 Å². The van der Waals surface area contributed by atoms with Crippen molar-refractivity contribution in [1.82, 2.24) is 9.55 Å². The lowest BCUT2D eigenvalue weighted by Gasteiger charge is -2.07. The molecule has 1 fully saturated rings. The minimum absolute atomic E-state index is 0.495. The summed E-state index contributed by atoms with van der Waals surface area (Å²) in [5.74, 6) is 5.47. The molecule has 3 nitrogen and oxygen atoms in total. The van der Waals surface area contributed by atoms with Crippen LogP contribution in [0.5, 0.6) is 0 Å². The van der Waals surface area contributed by atoms with Crippen molar-refractivity contribution in [1.29, 1.82) is 0 Å². The van der Waals surface area contributed by atoms with Crippen LogP contribution in [0.3, 0.4) is 0 Å². The number of hydrogen-bond donors (Lipinski definition) is 1. The van der Waals surface area contributed by atoms with Crippen LogP contribution in [0.4, 0.5) is 5.82 Å². The second-order valence-corrected chi connectivity index (χ2v) is 6.05. The molecule has 21 heavy (non-hydrogen) atoms. The summed E-state index contributed by atoms with van der Waals surface area (Å²) in [5, 5.41) is 0. The highest BCUT2D eigenvalue weighted by molar-refractivity contribution is 5.71. The molecule has 1 aromatic carbocycles. The van der Waals surface area contributed by atoms with Crippen molar-refractivity contribution >= 4 is 5.82 Å². The first-order valence-electron chi connectivity index (χ1n) is 7.51. The maximum atomic E-state index is 6.29. The van der Waals surface area contributed by atoms with E-state index in [0.29, 0.717) is 24.2 Å². The van der Waals surface area contributed by atoms with Crippen molar-refractivity contribution in [3.63, 3.8) is 0 Å². The molecule has 108 valence electrons. The zero-order valence-electron chi connectivity index (χ0n) is 12.6. The highest BCUT2D eigenvalue weighted by Crippen LogP contribution is 2.42. The molecular weight excluding hydrogens is 258 g/mol. The molecule has 1 heterocycles. The molecule has 0 aliphatic heterocycles. The fraction of sp³-hybridized carbons (Fsp3) is 0.389. The first-order chi connectivity index (χ1) is 10.1. The Hall–Kier alpha value is -2.21. The monoisotopic (exact) mass is 279 g/mol. The van der Waals surface area contributed by atoms with Crippen LogP contribution in [-0.4, -0.2) is 9.55 Å². The van der Waals surface area contributed by atoms with Gasteiger partial charge in [0, 0.05) is 11.5 Å². The number of hydrogen-bond acceptors (Lipinski definition) is 2. The van der Waals surface area contributed by atoms with Crippen molar-refractivity contribution < 1.29 is 0 Å². The van der Waals surface area contributed by atoms with Gasteiger partial charge in [0.15, 0.2) is 0 Å². The average molecular weight is 279 g/mol. The predicted octanol–water partition coefficient (Wildman–Crippen LogP) is 3.77. The van der Waals surface area contributed by atoms with Crippen LogP contribution in [-0.2, 0) is 6.54 Å². The molecule has 2 aromatic rings. The molecule has 1 aliphatic carbocycles. The fourth-order valence-electron chi connectivity index (χ4n) is 2.63. The summed E-state index contributed by atoms with van der Waals surface area (Å²) in [6, 6.07) is 8.50. The standard InChI is InChI=1S/C18H21N3/c1-4-11-21-17(19)16(20-18(21)15-9-10-15)14-7-5-13(6-8-14)12(2)3/h1,5-8,12,15H,9-11,19H2,2-3H3. The molecule has 3 rings (SSSR count). The molecule has 0 bridgehead atoms. The van der Waals surface area contributed by atoms with Gasteiger partial charge in [-0.15, -0.1) is 6.42 Å². The summed E-state index contributed by atoms with van der Waals surface area (Å²) >= 11 is 0. The second kappa shape index (κ2) is 5.29. The van der Waals surface area contributed by atoms with E-state index in [1.165, 1.54) is 18.4 Å². The van der Waals surface area contributed by atoms with Crippen molar-refractivity contribution in [3.05, 3.63) is 35.7 Å². The topological polar surface area (TPSA) is 43.8 Å². The lowest BCUT2D eigenvalue weighted by molar-refractivity contribution is 0.762. The third-order valence-electron chi connectivity index (χ3n) is 4.08. The Balaban J connectivity index is 2.02. The van der Waals surface area contributed by atoms with Gasteiger partial charge in [-0.3, -0.25) is 0 Å². The molecular formula is C18H21N3. The molecule has 0 atom stereocenters. The Kier molecular flexibility index (Phi) is 3.47. The second-order valence-electron chi connectivity index (χ2n) is 6.05. The van der Waals surface area contributed by atoms with E-state index >= 15 is 0 Å². The summed E-state index contributed by atoms with van der Waals surface area (Å²) in [4.78, 5) is 4.78. The number of nitrogens with zero attached hydrogens (tertiary/aromatic N) is 2. The Bertz CT molecular complexity index is 682. The molecule has 1 aliphatic rings. The van der Waals surface area contributed by atoms with E-state index in [0.717, 1.165) is 17.1 Å². The van der Waals surface area contributed by atoms with Gasteiger partial charge in [-0.1, -0.05) is 44.0 Å².